The van der Waals surface area contributed by atoms with Gasteiger partial charge in [-0.2, -0.15) is 0 Å². The number of piperidine rings is 1. The predicted molar refractivity (Wildman–Crippen MR) is 72.8 cm³/mol. The summed E-state index contributed by atoms with van der Waals surface area (Å²) in [4.78, 5) is 13.4. The van der Waals surface area contributed by atoms with Crippen molar-refractivity contribution in [3.05, 3.63) is 29.6 Å². The molecule has 4 heteroatoms. The van der Waals surface area contributed by atoms with Crippen molar-refractivity contribution in [1.82, 2.24) is 5.32 Å². The molecular weight excluding hydrogens is 243 g/mol. The van der Waals surface area contributed by atoms with Gasteiger partial charge in [-0.3, -0.25) is 4.79 Å². The second-order valence-corrected chi connectivity index (χ2v) is 5.38. The third-order valence-electron chi connectivity index (χ3n) is 4.15. The van der Waals surface area contributed by atoms with Crippen LogP contribution in [0.3, 0.4) is 0 Å². The van der Waals surface area contributed by atoms with Crippen molar-refractivity contribution in [2.45, 2.75) is 31.6 Å². The maximum atomic E-state index is 14.3. The summed E-state index contributed by atoms with van der Waals surface area (Å²) in [5, 5.41) is 3.29. The molecule has 2 saturated heterocycles. The Bertz CT molecular complexity index is 483. The summed E-state index contributed by atoms with van der Waals surface area (Å²) >= 11 is 0. The lowest BCUT2D eigenvalue weighted by atomic mass is 9.90. The van der Waals surface area contributed by atoms with Crippen LogP contribution < -0.4 is 10.2 Å². The molecule has 0 aromatic heterocycles. The molecule has 3 rings (SSSR count). The number of nitrogens with zero attached hydrogens (tertiary/aromatic N) is 1. The average molecular weight is 262 g/mol. The number of rotatable bonds is 2. The lowest BCUT2D eigenvalue weighted by molar-refractivity contribution is -0.117. The third kappa shape index (κ3) is 2.50. The summed E-state index contributed by atoms with van der Waals surface area (Å²) in [6.07, 6.45) is 3.42. The Morgan fingerprint density at radius 2 is 2.05 bits per heavy atom. The summed E-state index contributed by atoms with van der Waals surface area (Å²) in [7, 11) is 0. The summed E-state index contributed by atoms with van der Waals surface area (Å²) in [6, 6.07) is 5.29. The van der Waals surface area contributed by atoms with Crippen molar-refractivity contribution in [3.63, 3.8) is 0 Å². The quantitative estimate of drug-likeness (QED) is 0.887. The van der Waals surface area contributed by atoms with Gasteiger partial charge in [0.1, 0.15) is 5.82 Å². The highest BCUT2D eigenvalue weighted by atomic mass is 19.1. The van der Waals surface area contributed by atoms with Crippen LogP contribution >= 0.6 is 0 Å². The highest BCUT2D eigenvalue weighted by Gasteiger charge is 2.24. The van der Waals surface area contributed by atoms with Crippen molar-refractivity contribution < 1.29 is 9.18 Å². The second kappa shape index (κ2) is 5.29. The minimum absolute atomic E-state index is 0.106. The van der Waals surface area contributed by atoms with Gasteiger partial charge in [0.2, 0.25) is 5.91 Å². The molecule has 0 spiro atoms. The van der Waals surface area contributed by atoms with Gasteiger partial charge < -0.3 is 10.2 Å². The molecule has 0 radical (unpaired) electrons. The van der Waals surface area contributed by atoms with Crippen molar-refractivity contribution in [1.29, 1.82) is 0 Å². The highest BCUT2D eigenvalue weighted by Crippen LogP contribution is 2.31. The summed E-state index contributed by atoms with van der Waals surface area (Å²) in [5.41, 5.74) is 1.51. The molecule has 2 aliphatic heterocycles. The van der Waals surface area contributed by atoms with Gasteiger partial charge in [0.25, 0.3) is 0 Å². The van der Waals surface area contributed by atoms with E-state index < -0.39 is 0 Å². The Hall–Kier alpha value is -1.42. The summed E-state index contributed by atoms with van der Waals surface area (Å²) in [6.45, 7) is 2.62. The van der Waals surface area contributed by atoms with Crippen molar-refractivity contribution >= 4 is 11.6 Å². The molecular formula is C15H19FN2O. The van der Waals surface area contributed by atoms with E-state index in [-0.39, 0.29) is 11.7 Å². The van der Waals surface area contributed by atoms with E-state index in [2.05, 4.69) is 5.32 Å². The predicted octanol–water partition coefficient (Wildman–Crippen LogP) is 2.42. The number of halogens is 1. The number of amides is 1. The molecule has 2 heterocycles. The molecule has 102 valence electrons. The van der Waals surface area contributed by atoms with Crippen LogP contribution in [0.25, 0.3) is 0 Å². The fourth-order valence-electron chi connectivity index (χ4n) is 3.07. The zero-order valence-electron chi connectivity index (χ0n) is 11.0. The van der Waals surface area contributed by atoms with Gasteiger partial charge in [-0.15, -0.1) is 0 Å². The Labute approximate surface area is 112 Å². The Kier molecular flexibility index (Phi) is 3.51. The van der Waals surface area contributed by atoms with Gasteiger partial charge in [0.05, 0.1) is 0 Å². The molecule has 1 amide bonds. The number of hydrogen-bond acceptors (Lipinski definition) is 2. The third-order valence-corrected chi connectivity index (χ3v) is 4.15. The molecule has 0 atom stereocenters. The molecule has 0 unspecified atom stereocenters. The maximum absolute atomic E-state index is 14.3. The highest BCUT2D eigenvalue weighted by molar-refractivity contribution is 5.95. The number of benzene rings is 1. The van der Waals surface area contributed by atoms with Crippen molar-refractivity contribution in [2.75, 3.05) is 24.5 Å². The van der Waals surface area contributed by atoms with Gasteiger partial charge >= 0.3 is 0 Å². The van der Waals surface area contributed by atoms with E-state index in [0.29, 0.717) is 24.6 Å². The van der Waals surface area contributed by atoms with Crippen LogP contribution in [0.15, 0.2) is 18.2 Å². The van der Waals surface area contributed by atoms with Gasteiger partial charge in [0.15, 0.2) is 0 Å². The van der Waals surface area contributed by atoms with Crippen LogP contribution in [0.1, 0.15) is 37.2 Å². The minimum atomic E-state index is -0.163. The van der Waals surface area contributed by atoms with Crippen LogP contribution in [0.5, 0.6) is 0 Å². The van der Waals surface area contributed by atoms with Gasteiger partial charge in [0, 0.05) is 18.7 Å². The first-order valence-corrected chi connectivity index (χ1v) is 7.06. The molecule has 3 nitrogen and oxygen atoms in total. The fraction of sp³-hybridized carbons (Fsp3) is 0.533. The van der Waals surface area contributed by atoms with Gasteiger partial charge in [-0.25, -0.2) is 4.39 Å². The second-order valence-electron chi connectivity index (χ2n) is 5.38. The first-order valence-electron chi connectivity index (χ1n) is 7.06. The Balaban J connectivity index is 1.82. The average Bonchev–Trinajstić information content (AvgIpc) is 2.86. The molecule has 1 aromatic carbocycles. The van der Waals surface area contributed by atoms with Crippen LogP contribution in [-0.4, -0.2) is 25.5 Å². The molecule has 2 fully saturated rings. The molecule has 1 N–H and O–H groups in total. The van der Waals surface area contributed by atoms with E-state index in [1.54, 1.807) is 4.90 Å². The Morgan fingerprint density at radius 3 is 2.68 bits per heavy atom. The molecule has 0 bridgehead atoms. The van der Waals surface area contributed by atoms with Crippen molar-refractivity contribution in [2.24, 2.45) is 0 Å². The SMILES string of the molecule is O=C1CCCN1c1ccc(C2CCNCC2)c(F)c1. The number of nitrogens with one attached hydrogen (secondary N) is 1. The van der Waals surface area contributed by atoms with Crippen LogP contribution in [0.4, 0.5) is 10.1 Å². The van der Waals surface area contributed by atoms with E-state index in [1.165, 1.54) is 6.07 Å². The number of carbonyl (C=O) groups excluding carboxylic acids is 1. The first kappa shape index (κ1) is 12.6. The summed E-state index contributed by atoms with van der Waals surface area (Å²) < 4.78 is 14.3. The van der Waals surface area contributed by atoms with Gasteiger partial charge in [-0.1, -0.05) is 6.07 Å². The molecule has 0 saturated carbocycles. The zero-order valence-corrected chi connectivity index (χ0v) is 11.0. The topological polar surface area (TPSA) is 32.3 Å². The standard InChI is InChI=1S/C15H19FN2O/c16-14-10-12(18-9-1-2-15(18)19)3-4-13(14)11-5-7-17-8-6-11/h3-4,10-11,17H,1-2,5-9H2. The summed E-state index contributed by atoms with van der Waals surface area (Å²) in [5.74, 6) is 0.252. The van der Waals surface area contributed by atoms with Crippen LogP contribution in [0, 0.1) is 5.82 Å². The molecule has 0 aliphatic carbocycles. The number of hydrogen-bond donors (Lipinski definition) is 1. The minimum Gasteiger partial charge on any atom is -0.317 e. The molecule has 19 heavy (non-hydrogen) atoms. The largest absolute Gasteiger partial charge is 0.317 e. The number of anilines is 1. The monoisotopic (exact) mass is 262 g/mol. The zero-order chi connectivity index (χ0) is 13.2. The fourth-order valence-corrected chi connectivity index (χ4v) is 3.07. The van der Waals surface area contributed by atoms with E-state index in [1.807, 2.05) is 12.1 Å². The van der Waals surface area contributed by atoms with E-state index in [9.17, 15) is 9.18 Å². The van der Waals surface area contributed by atoms with E-state index in [4.69, 9.17) is 0 Å². The van der Waals surface area contributed by atoms with E-state index in [0.717, 1.165) is 37.9 Å². The first-order chi connectivity index (χ1) is 9.25. The normalized spacial score (nSPS) is 21.1. The van der Waals surface area contributed by atoms with Crippen molar-refractivity contribution in [3.8, 4) is 0 Å². The lowest BCUT2D eigenvalue weighted by Gasteiger charge is -2.24. The van der Waals surface area contributed by atoms with Crippen LogP contribution in [0.2, 0.25) is 0 Å². The smallest absolute Gasteiger partial charge is 0.227 e. The molecule has 2 aliphatic rings. The molecule has 1 aromatic rings. The van der Waals surface area contributed by atoms with E-state index >= 15 is 0 Å². The van der Waals surface area contributed by atoms with Crippen LogP contribution in [-0.2, 0) is 4.79 Å². The maximum Gasteiger partial charge on any atom is 0.227 e. The Morgan fingerprint density at radius 1 is 1.26 bits per heavy atom. The van der Waals surface area contributed by atoms with Gasteiger partial charge in [-0.05, 0) is 56.0 Å². The lowest BCUT2D eigenvalue weighted by Crippen LogP contribution is -2.27. The number of carbonyl (C=O) groups is 1.